The van der Waals surface area contributed by atoms with Gasteiger partial charge in [0.1, 0.15) is 0 Å². The van der Waals surface area contributed by atoms with Crippen LogP contribution in [0.1, 0.15) is 0 Å². The van der Waals surface area contributed by atoms with Gasteiger partial charge < -0.3 is 4.98 Å². The fourth-order valence-electron chi connectivity index (χ4n) is 1.98. The number of H-pyrrole nitrogens is 1. The van der Waals surface area contributed by atoms with Crippen LogP contribution >= 0.6 is 0 Å². The molecule has 0 unspecified atom stereocenters. The van der Waals surface area contributed by atoms with E-state index in [9.17, 15) is 8.42 Å². The molecule has 0 bridgehead atoms. The molecule has 5 nitrogen and oxygen atoms in total. The first-order chi connectivity index (χ1) is 9.05. The van der Waals surface area contributed by atoms with Crippen molar-refractivity contribution < 1.29 is 40.6 Å². The second-order valence-electron chi connectivity index (χ2n) is 4.08. The molecular formula is C13H10HgN2O3S. The van der Waals surface area contributed by atoms with Crippen molar-refractivity contribution >= 4 is 21.2 Å². The van der Waals surface area contributed by atoms with Crippen molar-refractivity contribution in [3.8, 4) is 11.1 Å². The topological polar surface area (TPSA) is 83.1 Å². The molecule has 2 N–H and O–H groups in total. The van der Waals surface area contributed by atoms with Crippen molar-refractivity contribution in [2.75, 3.05) is 0 Å². The monoisotopic (exact) mass is 476 g/mol. The maximum atomic E-state index is 11.1. The fraction of sp³-hybridized carbons (Fsp3) is 0. The molecule has 0 amide bonds. The summed E-state index contributed by atoms with van der Waals surface area (Å²) in [7, 11) is -4.33. The minimum atomic E-state index is -4.33. The van der Waals surface area contributed by atoms with Crippen LogP contribution in [0.15, 0.2) is 53.7 Å². The molecular weight excluding hydrogens is 465 g/mol. The van der Waals surface area contributed by atoms with E-state index in [4.69, 9.17) is 4.55 Å². The van der Waals surface area contributed by atoms with Crippen LogP contribution in [0, 0.1) is 0 Å². The van der Waals surface area contributed by atoms with Gasteiger partial charge in [0.15, 0.2) is 0 Å². The van der Waals surface area contributed by atoms with Crippen LogP contribution in [-0.2, 0) is 37.8 Å². The average Bonchev–Trinajstić information content (AvgIpc) is 2.83. The Morgan fingerprint density at radius 1 is 1.00 bits per heavy atom. The van der Waals surface area contributed by atoms with Crippen LogP contribution in [0.5, 0.6) is 0 Å². The van der Waals surface area contributed by atoms with Crippen molar-refractivity contribution in [1.82, 2.24) is 9.97 Å². The van der Waals surface area contributed by atoms with Gasteiger partial charge >= 0.3 is 10.1 Å². The molecule has 0 atom stereocenters. The molecule has 7 heteroatoms. The Bertz CT molecular complexity index is 844. The third kappa shape index (κ3) is 2.77. The number of aromatic nitrogens is 2. The summed E-state index contributed by atoms with van der Waals surface area (Å²) in [6.07, 6.45) is 0. The molecule has 0 fully saturated rings. The van der Waals surface area contributed by atoms with Gasteiger partial charge in [-0.3, -0.25) is 4.55 Å². The van der Waals surface area contributed by atoms with Gasteiger partial charge in [-0.25, -0.2) is 4.98 Å². The van der Waals surface area contributed by atoms with Gasteiger partial charge in [0.25, 0.3) is 5.16 Å². The summed E-state index contributed by atoms with van der Waals surface area (Å²) in [4.78, 5) is 6.56. The molecule has 3 rings (SSSR count). The summed E-state index contributed by atoms with van der Waals surface area (Å²) in [6.45, 7) is 0. The van der Waals surface area contributed by atoms with Gasteiger partial charge in [0, 0.05) is 33.2 Å². The molecule has 0 aliphatic rings. The van der Waals surface area contributed by atoms with Crippen LogP contribution in [0.3, 0.4) is 0 Å². The summed E-state index contributed by atoms with van der Waals surface area (Å²) in [6, 6.07) is 14.9. The van der Waals surface area contributed by atoms with Crippen LogP contribution in [0.25, 0.3) is 22.2 Å². The number of nitrogens with zero attached hydrogens (tertiary/aromatic N) is 1. The SMILES string of the molecule is O=S(=O)(O)c1nc2c(-c3ccccc3)cccc2[nH]1.[Hg]. The number of nitrogens with one attached hydrogen (secondary N) is 1. The van der Waals surface area contributed by atoms with E-state index in [1.807, 2.05) is 36.4 Å². The maximum Gasteiger partial charge on any atom is 0.328 e. The first-order valence-electron chi connectivity index (χ1n) is 5.57. The average molecular weight is 475 g/mol. The van der Waals surface area contributed by atoms with Crippen molar-refractivity contribution in [2.45, 2.75) is 5.16 Å². The van der Waals surface area contributed by atoms with Crippen LogP contribution in [0.2, 0.25) is 0 Å². The Labute approximate surface area is 136 Å². The van der Waals surface area contributed by atoms with Gasteiger partial charge in [-0.05, 0) is 11.6 Å². The van der Waals surface area contributed by atoms with Crippen LogP contribution in [0.4, 0.5) is 0 Å². The largest absolute Gasteiger partial charge is 0.328 e. The number of hydrogen-bond acceptors (Lipinski definition) is 3. The Morgan fingerprint density at radius 2 is 1.70 bits per heavy atom. The first-order valence-corrected chi connectivity index (χ1v) is 7.01. The molecule has 1 heterocycles. The quantitative estimate of drug-likeness (QED) is 0.441. The summed E-state index contributed by atoms with van der Waals surface area (Å²) >= 11 is 0. The molecule has 0 radical (unpaired) electrons. The van der Waals surface area contributed by atoms with E-state index in [1.54, 1.807) is 12.1 Å². The Morgan fingerprint density at radius 3 is 2.35 bits per heavy atom. The van der Waals surface area contributed by atoms with E-state index in [0.717, 1.165) is 11.1 Å². The third-order valence-electron chi connectivity index (χ3n) is 2.82. The van der Waals surface area contributed by atoms with E-state index >= 15 is 0 Å². The standard InChI is InChI=1S/C13H10N2O3S.Hg/c16-19(17,18)13-14-11-8-4-7-10(12(11)15-13)9-5-2-1-3-6-9;/h1-8H,(H,14,15)(H,16,17,18);. The second-order valence-corrected chi connectivity index (χ2v) is 5.42. The van der Waals surface area contributed by atoms with E-state index in [2.05, 4.69) is 9.97 Å². The van der Waals surface area contributed by atoms with Gasteiger partial charge in [-0.2, -0.15) is 8.42 Å². The predicted molar refractivity (Wildman–Crippen MR) is 71.3 cm³/mol. The molecule has 1 aromatic heterocycles. The molecule has 2 aromatic carbocycles. The van der Waals surface area contributed by atoms with E-state index in [1.165, 1.54) is 0 Å². The van der Waals surface area contributed by atoms with Gasteiger partial charge in [-0.15, -0.1) is 0 Å². The molecule has 0 saturated heterocycles. The van der Waals surface area contributed by atoms with E-state index < -0.39 is 15.3 Å². The fourth-order valence-corrected chi connectivity index (χ4v) is 2.43. The number of fused-ring (bicyclic) bond motifs is 1. The summed E-state index contributed by atoms with van der Waals surface area (Å²) in [5, 5.41) is -0.439. The van der Waals surface area contributed by atoms with Gasteiger partial charge in [0.2, 0.25) is 0 Å². The number of imidazole rings is 1. The Kier molecular flexibility index (Phi) is 4.26. The van der Waals surface area contributed by atoms with Gasteiger partial charge in [0.05, 0.1) is 11.0 Å². The number of hydrogen-bond donors (Lipinski definition) is 2. The number of para-hydroxylation sites is 1. The van der Waals surface area contributed by atoms with Gasteiger partial charge in [-0.1, -0.05) is 42.5 Å². The summed E-state index contributed by atoms with van der Waals surface area (Å²) in [5.74, 6) is 0. The Balaban J connectivity index is 0.00000147. The molecule has 3 aromatic rings. The van der Waals surface area contributed by atoms with E-state index in [-0.39, 0.29) is 27.7 Å². The Hall–Kier alpha value is -1.24. The van der Waals surface area contributed by atoms with Crippen molar-refractivity contribution in [1.29, 1.82) is 0 Å². The normalized spacial score (nSPS) is 11.2. The smallest absolute Gasteiger partial charge is 0.327 e. The maximum absolute atomic E-state index is 11.1. The molecule has 0 aliphatic carbocycles. The zero-order valence-electron chi connectivity index (χ0n) is 10.4. The third-order valence-corrected chi connectivity index (χ3v) is 3.50. The number of rotatable bonds is 2. The molecule has 0 aliphatic heterocycles. The molecule has 0 spiro atoms. The predicted octanol–water partition coefficient (Wildman–Crippen LogP) is 2.47. The van der Waals surface area contributed by atoms with Crippen molar-refractivity contribution in [3.63, 3.8) is 0 Å². The summed E-state index contributed by atoms with van der Waals surface area (Å²) < 4.78 is 31.3. The zero-order chi connectivity index (χ0) is 13.5. The number of benzene rings is 2. The van der Waals surface area contributed by atoms with Crippen molar-refractivity contribution in [3.05, 3.63) is 48.5 Å². The van der Waals surface area contributed by atoms with Crippen LogP contribution < -0.4 is 0 Å². The van der Waals surface area contributed by atoms with Crippen LogP contribution in [-0.4, -0.2) is 22.9 Å². The molecule has 0 saturated carbocycles. The zero-order valence-corrected chi connectivity index (χ0v) is 16.8. The minimum Gasteiger partial charge on any atom is -0.327 e. The summed E-state index contributed by atoms with van der Waals surface area (Å²) in [5.41, 5.74) is 2.82. The first kappa shape index (κ1) is 15.1. The molecule has 20 heavy (non-hydrogen) atoms. The van der Waals surface area contributed by atoms with Crippen molar-refractivity contribution in [2.24, 2.45) is 0 Å². The van der Waals surface area contributed by atoms with E-state index in [0.29, 0.717) is 11.0 Å². The number of aromatic amines is 1. The minimum absolute atomic E-state index is 0. The molecule has 98 valence electrons. The second kappa shape index (κ2) is 5.63.